The third-order valence-electron chi connectivity index (χ3n) is 4.33. The van der Waals surface area contributed by atoms with Crippen LogP contribution in [-0.2, 0) is 6.54 Å². The van der Waals surface area contributed by atoms with Crippen LogP contribution in [0.15, 0.2) is 12.1 Å². The summed E-state index contributed by atoms with van der Waals surface area (Å²) < 4.78 is 10.9. The third kappa shape index (κ3) is 3.72. The normalized spacial score (nSPS) is 17.8. The molecule has 2 N–H and O–H groups in total. The van der Waals surface area contributed by atoms with E-state index in [9.17, 15) is 0 Å². The molecule has 0 bridgehead atoms. The van der Waals surface area contributed by atoms with Gasteiger partial charge in [0.2, 0.25) is 0 Å². The molecule has 1 atom stereocenters. The summed E-state index contributed by atoms with van der Waals surface area (Å²) in [6, 6.07) is 4.31. The van der Waals surface area contributed by atoms with Crippen molar-refractivity contribution < 1.29 is 9.47 Å². The Bertz CT molecular complexity index is 491. The van der Waals surface area contributed by atoms with Gasteiger partial charge in [-0.1, -0.05) is 0 Å². The van der Waals surface area contributed by atoms with Crippen molar-refractivity contribution in [2.45, 2.75) is 25.4 Å². The third-order valence-corrected chi connectivity index (χ3v) is 4.33. The van der Waals surface area contributed by atoms with Gasteiger partial charge in [0.25, 0.3) is 0 Å². The van der Waals surface area contributed by atoms with E-state index in [0.29, 0.717) is 6.54 Å². The number of hydrogen-bond acceptors (Lipinski definition) is 5. The van der Waals surface area contributed by atoms with Gasteiger partial charge in [-0.05, 0) is 51.7 Å². The van der Waals surface area contributed by atoms with Crippen LogP contribution in [0.2, 0.25) is 0 Å². The Balaban J connectivity index is 2.10. The Morgan fingerprint density at radius 3 is 2.59 bits per heavy atom. The summed E-state index contributed by atoms with van der Waals surface area (Å²) in [5, 5.41) is 0. The van der Waals surface area contributed by atoms with Gasteiger partial charge >= 0.3 is 0 Å². The molecule has 1 heterocycles. The van der Waals surface area contributed by atoms with E-state index in [1.54, 1.807) is 14.2 Å². The van der Waals surface area contributed by atoms with Crippen LogP contribution in [0, 0.1) is 0 Å². The fourth-order valence-corrected chi connectivity index (χ4v) is 3.21. The number of hydrogen-bond donors (Lipinski definition) is 1. The van der Waals surface area contributed by atoms with Crippen molar-refractivity contribution in [2.75, 3.05) is 47.9 Å². The van der Waals surface area contributed by atoms with E-state index in [4.69, 9.17) is 15.2 Å². The predicted octanol–water partition coefficient (Wildman–Crippen LogP) is 1.86. The molecule has 1 aliphatic rings. The van der Waals surface area contributed by atoms with Crippen molar-refractivity contribution in [2.24, 2.45) is 5.73 Å². The first-order chi connectivity index (χ1) is 10.6. The Morgan fingerprint density at radius 2 is 2.00 bits per heavy atom. The van der Waals surface area contributed by atoms with E-state index in [1.165, 1.54) is 24.0 Å². The van der Waals surface area contributed by atoms with E-state index in [1.807, 2.05) is 6.07 Å². The zero-order chi connectivity index (χ0) is 16.1. The smallest absolute Gasteiger partial charge is 0.127 e. The number of unbranched alkanes of at least 4 members (excludes halogenated alkanes) is 1. The lowest BCUT2D eigenvalue weighted by atomic mass is 10.0. The van der Waals surface area contributed by atoms with E-state index in [0.717, 1.165) is 31.1 Å². The van der Waals surface area contributed by atoms with Crippen LogP contribution >= 0.6 is 0 Å². The summed E-state index contributed by atoms with van der Waals surface area (Å²) in [7, 11) is 7.63. The fraction of sp³-hybridized carbons (Fsp3) is 0.647. The summed E-state index contributed by atoms with van der Waals surface area (Å²) in [6.07, 6.45) is 2.39. The molecule has 1 aromatic carbocycles. The largest absolute Gasteiger partial charge is 0.497 e. The van der Waals surface area contributed by atoms with Crippen molar-refractivity contribution in [1.82, 2.24) is 9.80 Å². The molecule has 0 radical (unpaired) electrons. The van der Waals surface area contributed by atoms with Crippen molar-refractivity contribution >= 4 is 0 Å². The Morgan fingerprint density at radius 1 is 1.23 bits per heavy atom. The van der Waals surface area contributed by atoms with Crippen LogP contribution in [0.1, 0.15) is 30.0 Å². The molecule has 0 saturated heterocycles. The molecule has 0 spiro atoms. The van der Waals surface area contributed by atoms with Crippen LogP contribution < -0.4 is 15.2 Å². The number of fused-ring (bicyclic) bond motifs is 1. The van der Waals surface area contributed by atoms with E-state index in [-0.39, 0.29) is 6.04 Å². The minimum atomic E-state index is 0.246. The first-order valence-electron chi connectivity index (χ1n) is 7.94. The highest BCUT2D eigenvalue weighted by Gasteiger charge is 2.32. The Hall–Kier alpha value is -1.30. The number of nitrogens with zero attached hydrogens (tertiary/aromatic N) is 2. The van der Waals surface area contributed by atoms with Gasteiger partial charge in [-0.25, -0.2) is 0 Å². The lowest BCUT2D eigenvalue weighted by Crippen LogP contribution is -2.29. The molecule has 5 heteroatoms. The maximum atomic E-state index is 6.05. The zero-order valence-electron chi connectivity index (χ0n) is 14.3. The molecule has 0 aliphatic carbocycles. The molecule has 1 aliphatic heterocycles. The van der Waals surface area contributed by atoms with Gasteiger partial charge in [0.1, 0.15) is 11.5 Å². The second-order valence-electron chi connectivity index (χ2n) is 6.13. The highest BCUT2D eigenvalue weighted by molar-refractivity contribution is 5.50. The van der Waals surface area contributed by atoms with Gasteiger partial charge in [0.15, 0.2) is 0 Å². The minimum Gasteiger partial charge on any atom is -0.497 e. The highest BCUT2D eigenvalue weighted by Crippen LogP contribution is 2.41. The summed E-state index contributed by atoms with van der Waals surface area (Å²) in [4.78, 5) is 4.69. The summed E-state index contributed by atoms with van der Waals surface area (Å²) in [5.41, 5.74) is 8.56. The van der Waals surface area contributed by atoms with Gasteiger partial charge in [-0.2, -0.15) is 0 Å². The first-order valence-corrected chi connectivity index (χ1v) is 7.94. The van der Waals surface area contributed by atoms with Crippen LogP contribution in [0.5, 0.6) is 11.5 Å². The average molecular weight is 307 g/mol. The average Bonchev–Trinajstić information content (AvgIpc) is 2.87. The molecule has 0 amide bonds. The monoisotopic (exact) mass is 307 g/mol. The van der Waals surface area contributed by atoms with Crippen molar-refractivity contribution in [1.29, 1.82) is 0 Å². The molecule has 1 unspecified atom stereocenters. The maximum Gasteiger partial charge on any atom is 0.127 e. The van der Waals surface area contributed by atoms with Gasteiger partial charge in [-0.3, -0.25) is 4.90 Å². The number of ether oxygens (including phenoxy) is 2. The molecule has 2 rings (SSSR count). The van der Waals surface area contributed by atoms with Crippen molar-refractivity contribution in [3.05, 3.63) is 23.3 Å². The van der Waals surface area contributed by atoms with Crippen LogP contribution in [0.3, 0.4) is 0 Å². The molecule has 0 saturated carbocycles. The quantitative estimate of drug-likeness (QED) is 0.743. The number of methoxy groups -OCH3 is 2. The maximum absolute atomic E-state index is 6.05. The van der Waals surface area contributed by atoms with Gasteiger partial charge in [0, 0.05) is 24.7 Å². The highest BCUT2D eigenvalue weighted by atomic mass is 16.5. The van der Waals surface area contributed by atoms with Gasteiger partial charge in [-0.15, -0.1) is 0 Å². The summed E-state index contributed by atoms with van der Waals surface area (Å²) in [5.74, 6) is 1.74. The lowest BCUT2D eigenvalue weighted by Gasteiger charge is -2.24. The van der Waals surface area contributed by atoms with E-state index < -0.39 is 0 Å². The number of rotatable bonds is 8. The zero-order valence-corrected chi connectivity index (χ0v) is 14.3. The predicted molar refractivity (Wildman–Crippen MR) is 89.5 cm³/mol. The second-order valence-corrected chi connectivity index (χ2v) is 6.13. The van der Waals surface area contributed by atoms with Crippen molar-refractivity contribution in [3.63, 3.8) is 0 Å². The molecule has 124 valence electrons. The molecule has 0 fully saturated rings. The van der Waals surface area contributed by atoms with E-state index >= 15 is 0 Å². The number of benzene rings is 1. The molecular weight excluding hydrogens is 278 g/mol. The standard InChI is InChI=1S/C17H29N3O2/c1-19(2)7-5-6-8-20-12-13-9-14(21-3)10-16(22-4)17(13)15(20)11-18/h9-10,15H,5-8,11-12,18H2,1-4H3. The van der Waals surface area contributed by atoms with E-state index in [2.05, 4.69) is 30.0 Å². The van der Waals surface area contributed by atoms with Gasteiger partial charge in [0.05, 0.1) is 20.3 Å². The van der Waals surface area contributed by atoms with Crippen LogP contribution in [0.25, 0.3) is 0 Å². The van der Waals surface area contributed by atoms with Gasteiger partial charge < -0.3 is 20.1 Å². The first kappa shape index (κ1) is 17.1. The SMILES string of the molecule is COc1cc2c(c(OC)c1)C(CN)N(CCCCN(C)C)C2. The number of nitrogens with two attached hydrogens (primary N) is 1. The molecule has 22 heavy (non-hydrogen) atoms. The minimum absolute atomic E-state index is 0.246. The molecule has 0 aromatic heterocycles. The Kier molecular flexibility index (Phi) is 6.06. The fourth-order valence-electron chi connectivity index (χ4n) is 3.21. The topological polar surface area (TPSA) is 51.0 Å². The summed E-state index contributed by atoms with van der Waals surface area (Å²) >= 11 is 0. The van der Waals surface area contributed by atoms with Crippen LogP contribution in [-0.4, -0.2) is 57.7 Å². The van der Waals surface area contributed by atoms with Crippen LogP contribution in [0.4, 0.5) is 0 Å². The lowest BCUT2D eigenvalue weighted by molar-refractivity contribution is 0.210. The molecule has 5 nitrogen and oxygen atoms in total. The second kappa shape index (κ2) is 7.81. The summed E-state index contributed by atoms with van der Waals surface area (Å²) in [6.45, 7) is 3.73. The molecular formula is C17H29N3O2. The van der Waals surface area contributed by atoms with Crippen molar-refractivity contribution in [3.8, 4) is 11.5 Å². The molecule has 1 aromatic rings. The Labute approximate surface area is 134 Å².